The number of amides is 1. The Bertz CT molecular complexity index is 819. The lowest BCUT2D eigenvalue weighted by molar-refractivity contribution is -0.118. The van der Waals surface area contributed by atoms with Crippen LogP contribution in [0.4, 0.5) is 5.69 Å². The third-order valence-electron chi connectivity index (χ3n) is 4.18. The SMILES string of the molecule is C[C@@H](C(=O)Nc1ccc2ccn(CCN(C)C)c2c1)n1ccnc1. The minimum absolute atomic E-state index is 0.0567. The molecule has 3 rings (SSSR count). The molecule has 2 aromatic heterocycles. The van der Waals surface area contributed by atoms with Crippen LogP contribution in [0.15, 0.2) is 49.2 Å². The van der Waals surface area contributed by atoms with Gasteiger partial charge in [0.1, 0.15) is 6.04 Å². The molecule has 0 radical (unpaired) electrons. The number of nitrogens with zero attached hydrogens (tertiary/aromatic N) is 4. The summed E-state index contributed by atoms with van der Waals surface area (Å²) in [4.78, 5) is 18.6. The molecular weight excluding hydrogens is 302 g/mol. The molecule has 0 unspecified atom stereocenters. The fourth-order valence-electron chi connectivity index (χ4n) is 2.65. The molecule has 6 nitrogen and oxygen atoms in total. The van der Waals surface area contributed by atoms with Crippen molar-refractivity contribution in [2.24, 2.45) is 0 Å². The van der Waals surface area contributed by atoms with Gasteiger partial charge in [0.15, 0.2) is 0 Å². The average molecular weight is 325 g/mol. The minimum Gasteiger partial charge on any atom is -0.346 e. The molecule has 1 amide bonds. The standard InChI is InChI=1S/C18H23N5O/c1-14(23-9-7-19-13-23)18(24)20-16-5-4-15-6-8-22(17(15)12-16)11-10-21(2)3/h4-9,12-14H,10-11H2,1-3H3,(H,20,24)/t14-/m0/s1. The molecule has 0 saturated heterocycles. The van der Waals surface area contributed by atoms with Gasteiger partial charge in [-0.05, 0) is 44.6 Å². The summed E-state index contributed by atoms with van der Waals surface area (Å²) < 4.78 is 4.00. The molecular formula is C18H23N5O. The first-order valence-corrected chi connectivity index (χ1v) is 8.06. The first kappa shape index (κ1) is 16.3. The Morgan fingerprint density at radius 1 is 1.29 bits per heavy atom. The van der Waals surface area contributed by atoms with Gasteiger partial charge in [0.25, 0.3) is 0 Å². The number of hydrogen-bond donors (Lipinski definition) is 1. The minimum atomic E-state index is -0.302. The Kier molecular flexibility index (Phi) is 4.66. The Labute approximate surface area is 141 Å². The molecule has 1 aromatic carbocycles. The normalized spacial score (nSPS) is 12.7. The molecule has 1 N–H and O–H groups in total. The number of imidazole rings is 1. The van der Waals surface area contributed by atoms with E-state index in [0.29, 0.717) is 0 Å². The summed E-state index contributed by atoms with van der Waals surface area (Å²) in [7, 11) is 4.13. The van der Waals surface area contributed by atoms with Crippen LogP contribution in [0.25, 0.3) is 10.9 Å². The van der Waals surface area contributed by atoms with Crippen LogP contribution in [0.1, 0.15) is 13.0 Å². The number of hydrogen-bond acceptors (Lipinski definition) is 3. The maximum absolute atomic E-state index is 12.4. The predicted molar refractivity (Wildman–Crippen MR) is 96.1 cm³/mol. The van der Waals surface area contributed by atoms with E-state index in [-0.39, 0.29) is 11.9 Å². The van der Waals surface area contributed by atoms with E-state index >= 15 is 0 Å². The molecule has 0 spiro atoms. The summed E-state index contributed by atoms with van der Waals surface area (Å²) in [6.45, 7) is 3.74. The van der Waals surface area contributed by atoms with Gasteiger partial charge in [-0.3, -0.25) is 4.79 Å². The molecule has 126 valence electrons. The van der Waals surface area contributed by atoms with Gasteiger partial charge in [-0.2, -0.15) is 0 Å². The van der Waals surface area contributed by atoms with Crippen molar-refractivity contribution in [3.05, 3.63) is 49.2 Å². The Balaban J connectivity index is 1.77. The van der Waals surface area contributed by atoms with Crippen molar-refractivity contribution in [2.45, 2.75) is 19.5 Å². The molecule has 0 saturated carbocycles. The number of rotatable bonds is 6. The molecule has 1 atom stereocenters. The van der Waals surface area contributed by atoms with Gasteiger partial charge in [-0.15, -0.1) is 0 Å². The van der Waals surface area contributed by atoms with Crippen LogP contribution < -0.4 is 5.32 Å². The van der Waals surface area contributed by atoms with Crippen LogP contribution in [0.5, 0.6) is 0 Å². The number of carbonyl (C=O) groups is 1. The highest BCUT2D eigenvalue weighted by Crippen LogP contribution is 2.21. The van der Waals surface area contributed by atoms with E-state index in [1.165, 1.54) is 5.39 Å². The number of likely N-dealkylation sites (N-methyl/N-ethyl adjacent to an activating group) is 1. The van der Waals surface area contributed by atoms with Crippen molar-refractivity contribution in [3.8, 4) is 0 Å². The van der Waals surface area contributed by atoms with Crippen molar-refractivity contribution in [2.75, 3.05) is 26.0 Å². The molecule has 24 heavy (non-hydrogen) atoms. The Hall–Kier alpha value is -2.60. The zero-order valence-corrected chi connectivity index (χ0v) is 14.3. The maximum atomic E-state index is 12.4. The molecule has 0 bridgehead atoms. The highest BCUT2D eigenvalue weighted by Gasteiger charge is 2.14. The quantitative estimate of drug-likeness (QED) is 0.758. The highest BCUT2D eigenvalue weighted by molar-refractivity contribution is 5.95. The van der Waals surface area contributed by atoms with Gasteiger partial charge in [0.05, 0.1) is 11.8 Å². The molecule has 0 fully saturated rings. The number of aromatic nitrogens is 3. The fraction of sp³-hybridized carbons (Fsp3) is 0.333. The number of carbonyl (C=O) groups excluding carboxylic acids is 1. The van der Waals surface area contributed by atoms with Crippen molar-refractivity contribution >= 4 is 22.5 Å². The van der Waals surface area contributed by atoms with Crippen LogP contribution in [0.3, 0.4) is 0 Å². The summed E-state index contributed by atoms with van der Waals surface area (Å²) >= 11 is 0. The molecule has 2 heterocycles. The maximum Gasteiger partial charge on any atom is 0.247 e. The second kappa shape index (κ2) is 6.88. The van der Waals surface area contributed by atoms with Gasteiger partial charge in [-0.25, -0.2) is 4.98 Å². The molecule has 0 aliphatic carbocycles. The fourth-order valence-corrected chi connectivity index (χ4v) is 2.65. The van der Waals surface area contributed by atoms with Crippen molar-refractivity contribution in [1.29, 1.82) is 0 Å². The molecule has 6 heteroatoms. The zero-order valence-electron chi connectivity index (χ0n) is 14.3. The van der Waals surface area contributed by atoms with E-state index < -0.39 is 0 Å². The second-order valence-electron chi connectivity index (χ2n) is 6.26. The first-order chi connectivity index (χ1) is 11.5. The molecule has 0 aliphatic heterocycles. The third-order valence-corrected chi connectivity index (χ3v) is 4.18. The van der Waals surface area contributed by atoms with Gasteiger partial charge in [0, 0.05) is 37.4 Å². The number of nitrogens with one attached hydrogen (secondary N) is 1. The topological polar surface area (TPSA) is 55.1 Å². The summed E-state index contributed by atoms with van der Waals surface area (Å²) in [5.41, 5.74) is 1.94. The lowest BCUT2D eigenvalue weighted by Gasteiger charge is -2.14. The largest absolute Gasteiger partial charge is 0.346 e. The lowest BCUT2D eigenvalue weighted by atomic mass is 10.2. The number of fused-ring (bicyclic) bond motifs is 1. The van der Waals surface area contributed by atoms with Gasteiger partial charge in [0.2, 0.25) is 5.91 Å². The van der Waals surface area contributed by atoms with Crippen LogP contribution in [0, 0.1) is 0 Å². The van der Waals surface area contributed by atoms with E-state index in [1.54, 1.807) is 23.3 Å². The highest BCUT2D eigenvalue weighted by atomic mass is 16.2. The van der Waals surface area contributed by atoms with Crippen LogP contribution in [-0.4, -0.2) is 45.6 Å². The zero-order chi connectivity index (χ0) is 17.1. The van der Waals surface area contributed by atoms with E-state index in [4.69, 9.17) is 0 Å². The van der Waals surface area contributed by atoms with Gasteiger partial charge < -0.3 is 19.4 Å². The summed E-state index contributed by atoms with van der Waals surface area (Å²) in [6, 6.07) is 7.81. The van der Waals surface area contributed by atoms with Gasteiger partial charge >= 0.3 is 0 Å². The number of benzene rings is 1. The number of anilines is 1. The summed E-state index contributed by atoms with van der Waals surface area (Å²) in [6.07, 6.45) is 7.21. The third kappa shape index (κ3) is 3.49. The van der Waals surface area contributed by atoms with Gasteiger partial charge in [-0.1, -0.05) is 6.07 Å². The van der Waals surface area contributed by atoms with Crippen molar-refractivity contribution < 1.29 is 4.79 Å². The average Bonchev–Trinajstić information content (AvgIpc) is 3.21. The van der Waals surface area contributed by atoms with E-state index in [9.17, 15) is 4.79 Å². The monoisotopic (exact) mass is 325 g/mol. The molecule has 3 aromatic rings. The van der Waals surface area contributed by atoms with E-state index in [1.807, 2.05) is 25.1 Å². The molecule has 0 aliphatic rings. The second-order valence-corrected chi connectivity index (χ2v) is 6.26. The smallest absolute Gasteiger partial charge is 0.247 e. The van der Waals surface area contributed by atoms with Crippen LogP contribution in [0.2, 0.25) is 0 Å². The van der Waals surface area contributed by atoms with E-state index in [2.05, 4.69) is 46.1 Å². The predicted octanol–water partition coefficient (Wildman–Crippen LogP) is 2.60. The Morgan fingerprint density at radius 3 is 2.83 bits per heavy atom. The Morgan fingerprint density at radius 2 is 2.12 bits per heavy atom. The van der Waals surface area contributed by atoms with E-state index in [0.717, 1.165) is 24.3 Å². The first-order valence-electron chi connectivity index (χ1n) is 8.06. The van der Waals surface area contributed by atoms with Crippen LogP contribution >= 0.6 is 0 Å². The van der Waals surface area contributed by atoms with Crippen molar-refractivity contribution in [3.63, 3.8) is 0 Å². The summed E-state index contributed by atoms with van der Waals surface area (Å²) in [5, 5.41) is 4.17. The lowest BCUT2D eigenvalue weighted by Crippen LogP contribution is -2.22. The van der Waals surface area contributed by atoms with Crippen LogP contribution in [-0.2, 0) is 11.3 Å². The van der Waals surface area contributed by atoms with Crippen molar-refractivity contribution in [1.82, 2.24) is 19.0 Å². The summed E-state index contributed by atoms with van der Waals surface area (Å²) in [5.74, 6) is -0.0567.